The summed E-state index contributed by atoms with van der Waals surface area (Å²) in [5, 5.41) is 0.602. The molecule has 1 unspecified atom stereocenters. The number of ether oxygens (including phenoxy) is 1. The second kappa shape index (κ2) is 6.49. The maximum Gasteiger partial charge on any atom is 0.339 e. The summed E-state index contributed by atoms with van der Waals surface area (Å²) in [4.78, 5) is 33.5. The van der Waals surface area contributed by atoms with Gasteiger partial charge in [0.05, 0.1) is 10.9 Å². The number of rotatable bonds is 3. The van der Waals surface area contributed by atoms with E-state index in [4.69, 9.17) is 4.74 Å². The van der Waals surface area contributed by atoms with Crippen LogP contribution in [0.5, 0.6) is 0 Å². The monoisotopic (exact) mass is 406 g/mol. The third-order valence-electron chi connectivity index (χ3n) is 3.82. The van der Waals surface area contributed by atoms with Crippen molar-refractivity contribution < 1.29 is 9.53 Å². The van der Waals surface area contributed by atoms with Crippen molar-refractivity contribution in [2.45, 2.75) is 26.9 Å². The Kier molecular flexibility index (Phi) is 4.56. The van der Waals surface area contributed by atoms with Crippen LogP contribution in [-0.4, -0.2) is 15.9 Å². The van der Waals surface area contributed by atoms with Crippen LogP contribution in [0.3, 0.4) is 0 Å². The van der Waals surface area contributed by atoms with E-state index in [0.717, 1.165) is 10.4 Å². The van der Waals surface area contributed by atoms with Gasteiger partial charge in [0.15, 0.2) is 11.9 Å². The number of thiophene rings is 1. The molecule has 0 bridgehead atoms. The van der Waals surface area contributed by atoms with E-state index in [0.29, 0.717) is 26.1 Å². The van der Waals surface area contributed by atoms with E-state index in [-0.39, 0.29) is 5.56 Å². The second-order valence-corrected chi connectivity index (χ2v) is 7.50. The molecule has 0 aliphatic rings. The van der Waals surface area contributed by atoms with Gasteiger partial charge >= 0.3 is 5.97 Å². The predicted molar refractivity (Wildman–Crippen MR) is 97.7 cm³/mol. The minimum absolute atomic E-state index is 0.208. The minimum atomic E-state index is -0.663. The number of aryl methyl sites for hydroxylation is 2. The average molecular weight is 407 g/mol. The highest BCUT2D eigenvalue weighted by molar-refractivity contribution is 9.10. The van der Waals surface area contributed by atoms with Crippen LogP contribution in [0.15, 0.2) is 33.5 Å². The molecule has 2 aromatic heterocycles. The molecule has 1 N–H and O–H groups in total. The summed E-state index contributed by atoms with van der Waals surface area (Å²) in [5.41, 5.74) is 1.16. The lowest BCUT2D eigenvalue weighted by Crippen LogP contribution is -2.17. The van der Waals surface area contributed by atoms with Crippen LogP contribution < -0.4 is 5.56 Å². The topological polar surface area (TPSA) is 72.0 Å². The van der Waals surface area contributed by atoms with E-state index >= 15 is 0 Å². The van der Waals surface area contributed by atoms with Crippen LogP contribution in [0.1, 0.15) is 39.7 Å². The average Bonchev–Trinajstić information content (AvgIpc) is 2.82. The van der Waals surface area contributed by atoms with Crippen molar-refractivity contribution in [1.29, 1.82) is 0 Å². The molecular weight excluding hydrogens is 392 g/mol. The SMILES string of the molecule is Cc1sc2nc(C(C)OC(=O)c3ccccc3Br)[nH]c(=O)c2c1C. The van der Waals surface area contributed by atoms with E-state index in [9.17, 15) is 9.59 Å². The van der Waals surface area contributed by atoms with Gasteiger partial charge in [0, 0.05) is 9.35 Å². The molecule has 124 valence electrons. The Morgan fingerprint density at radius 3 is 2.75 bits per heavy atom. The number of esters is 1. The highest BCUT2D eigenvalue weighted by Crippen LogP contribution is 2.27. The number of H-pyrrole nitrogens is 1. The third kappa shape index (κ3) is 3.01. The summed E-state index contributed by atoms with van der Waals surface area (Å²) in [7, 11) is 0. The summed E-state index contributed by atoms with van der Waals surface area (Å²) in [6.45, 7) is 5.55. The molecule has 0 radical (unpaired) electrons. The Morgan fingerprint density at radius 2 is 2.04 bits per heavy atom. The molecule has 24 heavy (non-hydrogen) atoms. The molecule has 1 aromatic carbocycles. The first-order valence-electron chi connectivity index (χ1n) is 7.34. The summed E-state index contributed by atoms with van der Waals surface area (Å²) >= 11 is 4.79. The zero-order valence-corrected chi connectivity index (χ0v) is 15.7. The van der Waals surface area contributed by atoms with Gasteiger partial charge in [0.1, 0.15) is 4.83 Å². The molecule has 0 amide bonds. The number of aromatic nitrogens is 2. The molecule has 0 spiro atoms. The quantitative estimate of drug-likeness (QED) is 0.658. The first-order chi connectivity index (χ1) is 11.4. The molecular formula is C17H15BrN2O3S. The van der Waals surface area contributed by atoms with E-state index < -0.39 is 12.1 Å². The Bertz CT molecular complexity index is 993. The highest BCUT2D eigenvalue weighted by atomic mass is 79.9. The van der Waals surface area contributed by atoms with Crippen molar-refractivity contribution in [1.82, 2.24) is 9.97 Å². The molecule has 0 aliphatic heterocycles. The van der Waals surface area contributed by atoms with E-state index in [1.165, 1.54) is 11.3 Å². The number of nitrogens with one attached hydrogen (secondary N) is 1. The molecule has 1 atom stereocenters. The Morgan fingerprint density at radius 1 is 1.33 bits per heavy atom. The van der Waals surface area contributed by atoms with Crippen LogP contribution in [0.2, 0.25) is 0 Å². The normalized spacial score (nSPS) is 12.3. The van der Waals surface area contributed by atoms with Gasteiger partial charge in [-0.25, -0.2) is 9.78 Å². The van der Waals surface area contributed by atoms with Crippen molar-refractivity contribution >= 4 is 43.5 Å². The fraction of sp³-hybridized carbons (Fsp3) is 0.235. The van der Waals surface area contributed by atoms with Crippen molar-refractivity contribution in [3.63, 3.8) is 0 Å². The van der Waals surface area contributed by atoms with Crippen LogP contribution in [0, 0.1) is 13.8 Å². The van der Waals surface area contributed by atoms with Gasteiger partial charge in [0.25, 0.3) is 5.56 Å². The van der Waals surface area contributed by atoms with Gasteiger partial charge in [0.2, 0.25) is 0 Å². The maximum atomic E-state index is 12.3. The maximum absolute atomic E-state index is 12.3. The lowest BCUT2D eigenvalue weighted by atomic mass is 10.2. The van der Waals surface area contributed by atoms with Crippen molar-refractivity contribution in [3.8, 4) is 0 Å². The van der Waals surface area contributed by atoms with Crippen LogP contribution in [0.25, 0.3) is 10.2 Å². The van der Waals surface area contributed by atoms with Crippen molar-refractivity contribution in [3.05, 3.63) is 60.9 Å². The van der Waals surface area contributed by atoms with Gasteiger partial charge in [-0.05, 0) is 54.4 Å². The van der Waals surface area contributed by atoms with Crippen molar-refractivity contribution in [2.24, 2.45) is 0 Å². The number of fused-ring (bicyclic) bond motifs is 1. The molecule has 3 rings (SSSR count). The molecule has 0 aliphatic carbocycles. The smallest absolute Gasteiger partial charge is 0.339 e. The number of benzene rings is 1. The summed E-state index contributed by atoms with van der Waals surface area (Å²) in [6.07, 6.45) is -0.663. The number of nitrogens with zero attached hydrogens (tertiary/aromatic N) is 1. The molecule has 0 saturated heterocycles. The summed E-state index contributed by atoms with van der Waals surface area (Å²) < 4.78 is 6.10. The Balaban J connectivity index is 1.92. The lowest BCUT2D eigenvalue weighted by molar-refractivity contribution is 0.0319. The van der Waals surface area contributed by atoms with Gasteiger partial charge in [-0.2, -0.15) is 0 Å². The van der Waals surface area contributed by atoms with Crippen LogP contribution in [0.4, 0.5) is 0 Å². The van der Waals surface area contributed by atoms with E-state index in [2.05, 4.69) is 25.9 Å². The van der Waals surface area contributed by atoms with Gasteiger partial charge < -0.3 is 9.72 Å². The summed E-state index contributed by atoms with van der Waals surface area (Å²) in [6, 6.07) is 7.02. The number of carbonyl (C=O) groups excluding carboxylic acids is 1. The molecule has 5 nitrogen and oxygen atoms in total. The molecule has 7 heteroatoms. The fourth-order valence-corrected chi connectivity index (χ4v) is 3.85. The first-order valence-corrected chi connectivity index (χ1v) is 8.95. The van der Waals surface area contributed by atoms with Gasteiger partial charge in [-0.1, -0.05) is 12.1 Å². The number of aromatic amines is 1. The minimum Gasteiger partial charge on any atom is -0.451 e. The standard InChI is InChI=1S/C17H15BrN2O3S/c1-8-10(3)24-16-13(8)15(21)19-14(20-16)9(2)23-17(22)11-6-4-5-7-12(11)18/h4-7,9H,1-3H3,(H,19,20,21). The Hall–Kier alpha value is -1.99. The highest BCUT2D eigenvalue weighted by Gasteiger charge is 2.20. The first kappa shape index (κ1) is 16.9. The molecule has 2 heterocycles. The van der Waals surface area contributed by atoms with Crippen LogP contribution in [-0.2, 0) is 4.74 Å². The van der Waals surface area contributed by atoms with Gasteiger partial charge in [-0.3, -0.25) is 4.79 Å². The number of halogens is 1. The second-order valence-electron chi connectivity index (χ2n) is 5.44. The molecule has 0 fully saturated rings. The number of carbonyl (C=O) groups is 1. The zero-order valence-electron chi connectivity index (χ0n) is 13.3. The largest absolute Gasteiger partial charge is 0.451 e. The fourth-order valence-electron chi connectivity index (χ4n) is 2.37. The van der Waals surface area contributed by atoms with E-state index in [1.54, 1.807) is 25.1 Å². The van der Waals surface area contributed by atoms with Gasteiger partial charge in [-0.15, -0.1) is 11.3 Å². The Labute approximate surface area is 150 Å². The van der Waals surface area contributed by atoms with Crippen molar-refractivity contribution in [2.75, 3.05) is 0 Å². The van der Waals surface area contributed by atoms with E-state index in [1.807, 2.05) is 19.9 Å². The predicted octanol–water partition coefficient (Wildman–Crippen LogP) is 4.28. The third-order valence-corrected chi connectivity index (χ3v) is 5.61. The number of hydrogen-bond donors (Lipinski definition) is 1. The molecule has 3 aromatic rings. The lowest BCUT2D eigenvalue weighted by Gasteiger charge is -2.13. The molecule has 0 saturated carbocycles. The summed E-state index contributed by atoms with van der Waals surface area (Å²) in [5.74, 6) is -0.134. The zero-order chi connectivity index (χ0) is 17.4. The van der Waals surface area contributed by atoms with Crippen LogP contribution >= 0.6 is 27.3 Å². The number of hydrogen-bond acceptors (Lipinski definition) is 5.